The molecular weight excluding hydrogens is 493 g/mol. The van der Waals surface area contributed by atoms with Crippen molar-refractivity contribution in [3.05, 3.63) is 70.2 Å². The molecule has 2 fully saturated rings. The Bertz CT molecular complexity index is 1130. The normalized spacial score (nSPS) is 19.1. The molecule has 2 aromatic rings. The maximum absolute atomic E-state index is 13.1. The predicted molar refractivity (Wildman–Crippen MR) is 136 cm³/mol. The number of carbonyl (C=O) groups excluding carboxylic acids is 1. The lowest BCUT2D eigenvalue weighted by atomic mass is 9.96. The van der Waals surface area contributed by atoms with Crippen LogP contribution >= 0.6 is 23.2 Å². The Morgan fingerprint density at radius 2 is 1.62 bits per heavy atom. The Kier molecular flexibility index (Phi) is 8.32. The Hall–Kier alpha value is -1.90. The number of benzene rings is 2. The van der Waals surface area contributed by atoms with E-state index in [1.807, 2.05) is 23.1 Å². The first-order valence-corrected chi connectivity index (χ1v) is 13.7. The largest absolute Gasteiger partial charge is 0.340 e. The number of hydrogen-bond donors (Lipinski definition) is 0. The van der Waals surface area contributed by atoms with Crippen molar-refractivity contribution in [1.82, 2.24) is 14.1 Å². The predicted octanol–water partition coefficient (Wildman–Crippen LogP) is 4.25. The van der Waals surface area contributed by atoms with Crippen LogP contribution in [0.25, 0.3) is 6.08 Å². The molecule has 0 N–H and O–H groups in total. The summed E-state index contributed by atoms with van der Waals surface area (Å²) in [4.78, 5) is 17.4. The third-order valence-electron chi connectivity index (χ3n) is 6.47. The summed E-state index contributed by atoms with van der Waals surface area (Å²) < 4.78 is 27.5. The van der Waals surface area contributed by atoms with Gasteiger partial charge in [0, 0.05) is 56.8 Å². The van der Waals surface area contributed by atoms with Crippen molar-refractivity contribution in [3.8, 4) is 0 Å². The van der Waals surface area contributed by atoms with Crippen LogP contribution in [0.1, 0.15) is 18.4 Å². The second-order valence-electron chi connectivity index (χ2n) is 8.69. The van der Waals surface area contributed by atoms with Gasteiger partial charge in [0.2, 0.25) is 15.9 Å². The van der Waals surface area contributed by atoms with E-state index in [-0.39, 0.29) is 21.7 Å². The standard InChI is InChI=1S/C25H29Cl2N3O3S/c26-22-8-9-23(27)24(19-22)34(32,33)30-13-10-21(11-14-30)25(31)29-17-15-28(16-18-29)12-4-7-20-5-2-1-3-6-20/h1-9,19,21H,10-18H2/b7-4+. The highest BCUT2D eigenvalue weighted by Crippen LogP contribution is 2.31. The third kappa shape index (κ3) is 6.01. The Morgan fingerprint density at radius 3 is 2.29 bits per heavy atom. The third-order valence-corrected chi connectivity index (χ3v) is 9.09. The molecule has 1 amide bonds. The van der Waals surface area contributed by atoms with E-state index < -0.39 is 10.0 Å². The topological polar surface area (TPSA) is 60.9 Å². The molecule has 6 nitrogen and oxygen atoms in total. The van der Waals surface area contributed by atoms with Gasteiger partial charge in [-0.25, -0.2) is 8.42 Å². The molecule has 9 heteroatoms. The first-order valence-electron chi connectivity index (χ1n) is 11.5. The highest BCUT2D eigenvalue weighted by Gasteiger charge is 2.35. The molecule has 2 saturated heterocycles. The molecule has 0 aliphatic carbocycles. The summed E-state index contributed by atoms with van der Waals surface area (Å²) in [7, 11) is -3.75. The number of halogens is 2. The smallest absolute Gasteiger partial charge is 0.244 e. The molecule has 182 valence electrons. The van der Waals surface area contributed by atoms with Gasteiger partial charge < -0.3 is 4.90 Å². The van der Waals surface area contributed by atoms with Gasteiger partial charge in [-0.2, -0.15) is 4.31 Å². The number of rotatable bonds is 6. The molecule has 0 unspecified atom stereocenters. The lowest BCUT2D eigenvalue weighted by molar-refractivity contribution is -0.138. The minimum atomic E-state index is -3.75. The molecule has 34 heavy (non-hydrogen) atoms. The number of hydrogen-bond acceptors (Lipinski definition) is 4. The minimum absolute atomic E-state index is 0.0175. The van der Waals surface area contributed by atoms with Crippen LogP contribution in [0.5, 0.6) is 0 Å². The number of piperazine rings is 1. The van der Waals surface area contributed by atoms with Crippen LogP contribution < -0.4 is 0 Å². The highest BCUT2D eigenvalue weighted by molar-refractivity contribution is 7.89. The number of piperidine rings is 1. The van der Waals surface area contributed by atoms with Crippen molar-refractivity contribution < 1.29 is 13.2 Å². The van der Waals surface area contributed by atoms with Crippen LogP contribution in [-0.4, -0.2) is 74.2 Å². The SMILES string of the molecule is O=C(C1CCN(S(=O)(=O)c2cc(Cl)ccc2Cl)CC1)N1CCN(C/C=C/c2ccccc2)CC1. The summed E-state index contributed by atoms with van der Waals surface area (Å²) >= 11 is 12.1. The van der Waals surface area contributed by atoms with E-state index in [9.17, 15) is 13.2 Å². The maximum atomic E-state index is 13.1. The summed E-state index contributed by atoms with van der Waals surface area (Å²) in [5.74, 6) is -0.0110. The zero-order chi connectivity index (χ0) is 24.1. The number of nitrogens with zero attached hydrogens (tertiary/aromatic N) is 3. The van der Waals surface area contributed by atoms with E-state index in [4.69, 9.17) is 23.2 Å². The summed E-state index contributed by atoms with van der Waals surface area (Å²) in [5, 5.41) is 0.474. The van der Waals surface area contributed by atoms with E-state index in [2.05, 4.69) is 29.2 Å². The summed E-state index contributed by atoms with van der Waals surface area (Å²) in [6.07, 6.45) is 5.30. The monoisotopic (exact) mass is 521 g/mol. The van der Waals surface area contributed by atoms with Crippen molar-refractivity contribution in [2.75, 3.05) is 45.8 Å². The quantitative estimate of drug-likeness (QED) is 0.569. The fraction of sp³-hybridized carbons (Fsp3) is 0.400. The van der Waals surface area contributed by atoms with Crippen molar-refractivity contribution in [3.63, 3.8) is 0 Å². The zero-order valence-electron chi connectivity index (χ0n) is 18.9. The molecule has 0 aromatic heterocycles. The van der Waals surface area contributed by atoms with E-state index in [1.54, 1.807) is 6.07 Å². The van der Waals surface area contributed by atoms with Gasteiger partial charge in [-0.15, -0.1) is 0 Å². The molecule has 0 radical (unpaired) electrons. The molecule has 2 aliphatic rings. The van der Waals surface area contributed by atoms with Crippen LogP contribution in [0, 0.1) is 5.92 Å². The van der Waals surface area contributed by atoms with Gasteiger partial charge in [0.1, 0.15) is 4.90 Å². The Labute approximate surface area is 211 Å². The van der Waals surface area contributed by atoms with Gasteiger partial charge in [0.15, 0.2) is 0 Å². The Morgan fingerprint density at radius 1 is 0.941 bits per heavy atom. The van der Waals surface area contributed by atoms with Gasteiger partial charge in [-0.1, -0.05) is 65.7 Å². The fourth-order valence-electron chi connectivity index (χ4n) is 4.47. The molecule has 0 atom stereocenters. The first kappa shape index (κ1) is 25.2. The van der Waals surface area contributed by atoms with Crippen LogP contribution in [0.15, 0.2) is 59.5 Å². The number of carbonyl (C=O) groups is 1. The molecule has 0 spiro atoms. The zero-order valence-corrected chi connectivity index (χ0v) is 21.3. The number of amides is 1. The molecule has 0 saturated carbocycles. The van der Waals surface area contributed by atoms with Crippen molar-refractivity contribution in [1.29, 1.82) is 0 Å². The lowest BCUT2D eigenvalue weighted by Crippen LogP contribution is -2.51. The molecule has 2 aliphatic heterocycles. The van der Waals surface area contributed by atoms with Crippen LogP contribution in [0.2, 0.25) is 10.0 Å². The second-order valence-corrected chi connectivity index (χ2v) is 11.4. The molecule has 2 aromatic carbocycles. The van der Waals surface area contributed by atoms with Gasteiger partial charge in [0.25, 0.3) is 0 Å². The maximum Gasteiger partial charge on any atom is 0.244 e. The van der Waals surface area contributed by atoms with Gasteiger partial charge in [0.05, 0.1) is 5.02 Å². The molecule has 0 bridgehead atoms. The van der Waals surface area contributed by atoms with Crippen molar-refractivity contribution in [2.24, 2.45) is 5.92 Å². The Balaban J connectivity index is 1.25. The average Bonchev–Trinajstić information content (AvgIpc) is 2.86. The summed E-state index contributed by atoms with van der Waals surface area (Å²) in [5.41, 5.74) is 1.18. The van der Waals surface area contributed by atoms with Crippen LogP contribution in [-0.2, 0) is 14.8 Å². The van der Waals surface area contributed by atoms with Gasteiger partial charge >= 0.3 is 0 Å². The minimum Gasteiger partial charge on any atom is -0.340 e. The number of sulfonamides is 1. The molecule has 2 heterocycles. The van der Waals surface area contributed by atoms with Crippen LogP contribution in [0.3, 0.4) is 0 Å². The van der Waals surface area contributed by atoms with Gasteiger partial charge in [-0.3, -0.25) is 9.69 Å². The van der Waals surface area contributed by atoms with Crippen molar-refractivity contribution in [2.45, 2.75) is 17.7 Å². The van der Waals surface area contributed by atoms with E-state index in [0.717, 1.165) is 19.6 Å². The lowest BCUT2D eigenvalue weighted by Gasteiger charge is -2.38. The summed E-state index contributed by atoms with van der Waals surface area (Å²) in [6, 6.07) is 14.6. The average molecular weight is 522 g/mol. The second kappa shape index (κ2) is 11.2. The van der Waals surface area contributed by atoms with Gasteiger partial charge in [-0.05, 0) is 36.6 Å². The fourth-order valence-corrected chi connectivity index (χ4v) is 6.68. The first-order chi connectivity index (χ1) is 16.3. The molecular formula is C25H29Cl2N3O3S. The highest BCUT2D eigenvalue weighted by atomic mass is 35.5. The summed E-state index contributed by atoms with van der Waals surface area (Å²) in [6.45, 7) is 4.54. The van der Waals surface area contributed by atoms with E-state index in [1.165, 1.54) is 22.0 Å². The van der Waals surface area contributed by atoms with Crippen molar-refractivity contribution >= 4 is 45.2 Å². The van der Waals surface area contributed by atoms with E-state index in [0.29, 0.717) is 44.0 Å². The molecule has 4 rings (SSSR count). The van der Waals surface area contributed by atoms with Crippen LogP contribution in [0.4, 0.5) is 0 Å². The van der Waals surface area contributed by atoms with E-state index >= 15 is 0 Å².